The fourth-order valence-electron chi connectivity index (χ4n) is 2.93. The highest BCUT2D eigenvalue weighted by Gasteiger charge is 2.17. The first-order valence-corrected chi connectivity index (χ1v) is 8.47. The van der Waals surface area contributed by atoms with Gasteiger partial charge in [-0.3, -0.25) is 4.98 Å². The lowest BCUT2D eigenvalue weighted by molar-refractivity contribution is 0.472. The third kappa shape index (κ3) is 2.73. The van der Waals surface area contributed by atoms with Crippen molar-refractivity contribution in [2.75, 3.05) is 18.4 Å². The molecular weight excluding hydrogens is 315 g/mol. The van der Waals surface area contributed by atoms with Crippen LogP contribution in [-0.4, -0.2) is 24.1 Å². The van der Waals surface area contributed by atoms with Crippen LogP contribution in [0.3, 0.4) is 0 Å². The van der Waals surface area contributed by atoms with Crippen molar-refractivity contribution in [1.29, 1.82) is 5.26 Å². The van der Waals surface area contributed by atoms with Crippen molar-refractivity contribution in [3.8, 4) is 17.2 Å². The topological polar surface area (TPSA) is 60.7 Å². The first-order chi connectivity index (χ1) is 11.7. The first kappa shape index (κ1) is 15.1. The van der Waals surface area contributed by atoms with Crippen molar-refractivity contribution >= 4 is 31.0 Å². The number of anilines is 1. The van der Waals surface area contributed by atoms with Crippen molar-refractivity contribution in [3.63, 3.8) is 0 Å². The Kier molecular flexibility index (Phi) is 3.90. The highest BCUT2D eigenvalue weighted by molar-refractivity contribution is 7.27. The number of benzene rings is 2. The van der Waals surface area contributed by atoms with E-state index in [2.05, 4.69) is 49.1 Å². The highest BCUT2D eigenvalue weighted by Crippen LogP contribution is 2.31. The van der Waals surface area contributed by atoms with Crippen LogP contribution in [0.1, 0.15) is 5.56 Å². The van der Waals surface area contributed by atoms with Crippen LogP contribution in [0.4, 0.5) is 5.69 Å². The average Bonchev–Trinajstić information content (AvgIpc) is 2.58. The lowest BCUT2D eigenvalue weighted by atomic mass is 9.98. The molecule has 0 amide bonds. The van der Waals surface area contributed by atoms with E-state index >= 15 is 0 Å². The number of rotatable bonds is 3. The Morgan fingerprint density at radius 1 is 1.17 bits per heavy atom. The molecule has 0 radical (unpaired) electrons. The predicted molar refractivity (Wildman–Crippen MR) is 102 cm³/mol. The monoisotopic (exact) mass is 332 g/mol. The molecule has 1 unspecified atom stereocenters. The summed E-state index contributed by atoms with van der Waals surface area (Å²) >= 11 is 0. The van der Waals surface area contributed by atoms with Crippen LogP contribution < -0.4 is 15.9 Å². The van der Waals surface area contributed by atoms with Crippen LogP contribution in [0.5, 0.6) is 0 Å². The van der Waals surface area contributed by atoms with E-state index in [-0.39, 0.29) is 0 Å². The van der Waals surface area contributed by atoms with E-state index in [1.165, 1.54) is 0 Å². The third-order valence-corrected chi connectivity index (χ3v) is 4.91. The van der Waals surface area contributed by atoms with E-state index < -0.39 is 0 Å². The summed E-state index contributed by atoms with van der Waals surface area (Å²) in [7, 11) is 2.61. The largest absolute Gasteiger partial charge is 0.379 e. The van der Waals surface area contributed by atoms with Crippen LogP contribution in [0, 0.1) is 11.3 Å². The number of nitriles is 1. The van der Waals surface area contributed by atoms with Gasteiger partial charge in [-0.05, 0) is 46.1 Å². The Morgan fingerprint density at radius 3 is 2.79 bits per heavy atom. The standard InChI is InChI=1S/C19H17N4P/c20-8-15-5-12(1-2-19(15)24)14-6-13-3-4-21-11-17(13)18(7-14)23-16-9-22-10-16/h1-7,11,16,22-23H,9-10,24H2. The van der Waals surface area contributed by atoms with Gasteiger partial charge in [0.15, 0.2) is 0 Å². The average molecular weight is 332 g/mol. The van der Waals surface area contributed by atoms with E-state index in [0.29, 0.717) is 11.6 Å². The van der Waals surface area contributed by atoms with Gasteiger partial charge >= 0.3 is 0 Å². The summed E-state index contributed by atoms with van der Waals surface area (Å²) in [5.41, 5.74) is 3.93. The zero-order valence-electron chi connectivity index (χ0n) is 13.1. The number of nitrogens with zero attached hydrogens (tertiary/aromatic N) is 2. The van der Waals surface area contributed by atoms with Crippen LogP contribution >= 0.6 is 9.24 Å². The van der Waals surface area contributed by atoms with Gasteiger partial charge in [0.2, 0.25) is 0 Å². The maximum Gasteiger partial charge on any atom is 0.0998 e. The summed E-state index contributed by atoms with van der Waals surface area (Å²) in [5, 5.41) is 19.4. The molecule has 1 aromatic heterocycles. The molecule has 2 heterocycles. The first-order valence-electron chi connectivity index (χ1n) is 7.89. The molecule has 0 spiro atoms. The second-order valence-corrected chi connectivity index (χ2v) is 6.66. The number of hydrogen-bond donors (Lipinski definition) is 2. The van der Waals surface area contributed by atoms with Gasteiger partial charge in [-0.15, -0.1) is 9.24 Å². The van der Waals surface area contributed by atoms with Gasteiger partial charge in [-0.2, -0.15) is 5.26 Å². The fraction of sp³-hybridized carbons (Fsp3) is 0.158. The van der Waals surface area contributed by atoms with E-state index in [4.69, 9.17) is 0 Å². The van der Waals surface area contributed by atoms with Gasteiger partial charge in [0.05, 0.1) is 17.7 Å². The van der Waals surface area contributed by atoms with Crippen LogP contribution in [0.15, 0.2) is 48.8 Å². The highest BCUT2D eigenvalue weighted by atomic mass is 31.0. The Hall–Kier alpha value is -2.47. The molecule has 0 bridgehead atoms. The number of aromatic nitrogens is 1. The van der Waals surface area contributed by atoms with Gasteiger partial charge in [0, 0.05) is 36.6 Å². The number of nitrogens with one attached hydrogen (secondary N) is 2. The van der Waals surface area contributed by atoms with E-state index in [0.717, 1.165) is 46.0 Å². The molecule has 118 valence electrons. The normalized spacial score (nSPS) is 14.2. The predicted octanol–water partition coefficient (Wildman–Crippen LogP) is 2.66. The lowest BCUT2D eigenvalue weighted by Crippen LogP contribution is -2.51. The number of pyridine rings is 1. The molecule has 2 N–H and O–H groups in total. The summed E-state index contributed by atoms with van der Waals surface area (Å²) in [5.74, 6) is 0. The molecule has 1 aliphatic heterocycles. The second kappa shape index (κ2) is 6.20. The van der Waals surface area contributed by atoms with E-state index in [1.54, 1.807) is 0 Å². The minimum Gasteiger partial charge on any atom is -0.379 e. The van der Waals surface area contributed by atoms with Crippen molar-refractivity contribution in [3.05, 3.63) is 54.4 Å². The summed E-state index contributed by atoms with van der Waals surface area (Å²) in [6, 6.07) is 15.0. The third-order valence-electron chi connectivity index (χ3n) is 4.40. The molecule has 3 aromatic rings. The van der Waals surface area contributed by atoms with Crippen molar-refractivity contribution in [2.45, 2.75) is 6.04 Å². The Balaban J connectivity index is 1.85. The number of fused-ring (bicyclic) bond motifs is 1. The number of hydrogen-bond acceptors (Lipinski definition) is 4. The zero-order chi connectivity index (χ0) is 16.5. The molecule has 0 aliphatic carbocycles. The van der Waals surface area contributed by atoms with Gasteiger partial charge < -0.3 is 10.6 Å². The van der Waals surface area contributed by atoms with Gasteiger partial charge in [-0.25, -0.2) is 0 Å². The maximum absolute atomic E-state index is 9.28. The minimum absolute atomic E-state index is 0.452. The Morgan fingerprint density at radius 2 is 2.04 bits per heavy atom. The molecule has 24 heavy (non-hydrogen) atoms. The quantitative estimate of drug-likeness (QED) is 0.724. The smallest absolute Gasteiger partial charge is 0.0998 e. The van der Waals surface area contributed by atoms with Crippen LogP contribution in [0.25, 0.3) is 21.9 Å². The molecule has 2 aromatic carbocycles. The molecular formula is C19H17N4P. The Labute approximate surface area is 143 Å². The van der Waals surface area contributed by atoms with Crippen LogP contribution in [0.2, 0.25) is 0 Å². The van der Waals surface area contributed by atoms with Crippen molar-refractivity contribution < 1.29 is 0 Å². The molecule has 1 saturated heterocycles. The summed E-state index contributed by atoms with van der Waals surface area (Å²) in [4.78, 5) is 4.26. The molecule has 1 aliphatic rings. The SMILES string of the molecule is N#Cc1cc(-c2cc(NC3CNC3)c3cnccc3c2)ccc1P. The van der Waals surface area contributed by atoms with Crippen LogP contribution in [-0.2, 0) is 0 Å². The van der Waals surface area contributed by atoms with Crippen molar-refractivity contribution in [1.82, 2.24) is 10.3 Å². The van der Waals surface area contributed by atoms with E-state index in [9.17, 15) is 5.26 Å². The lowest BCUT2D eigenvalue weighted by Gasteiger charge is -2.29. The maximum atomic E-state index is 9.28. The molecule has 0 saturated carbocycles. The molecule has 4 nitrogen and oxygen atoms in total. The van der Waals surface area contributed by atoms with Gasteiger partial charge in [0.1, 0.15) is 0 Å². The molecule has 1 fully saturated rings. The summed E-state index contributed by atoms with van der Waals surface area (Å²) < 4.78 is 0. The van der Waals surface area contributed by atoms with E-state index in [1.807, 2.05) is 30.6 Å². The fourth-order valence-corrected chi connectivity index (χ4v) is 3.17. The molecule has 5 heteroatoms. The summed E-state index contributed by atoms with van der Waals surface area (Å²) in [6.07, 6.45) is 3.72. The summed E-state index contributed by atoms with van der Waals surface area (Å²) in [6.45, 7) is 1.96. The molecule has 4 rings (SSSR count). The molecule has 1 atom stereocenters. The minimum atomic E-state index is 0.452. The van der Waals surface area contributed by atoms with Crippen molar-refractivity contribution in [2.24, 2.45) is 0 Å². The van der Waals surface area contributed by atoms with Gasteiger partial charge in [-0.1, -0.05) is 12.1 Å². The van der Waals surface area contributed by atoms with Gasteiger partial charge in [0.25, 0.3) is 0 Å². The zero-order valence-corrected chi connectivity index (χ0v) is 14.2. The Bertz CT molecular complexity index is 957. The second-order valence-electron chi connectivity index (χ2n) is 6.03.